The predicted molar refractivity (Wildman–Crippen MR) is 41.9 cm³/mol. The van der Waals surface area contributed by atoms with Gasteiger partial charge in [0, 0.05) is 18.1 Å². The van der Waals surface area contributed by atoms with E-state index in [1.54, 1.807) is 6.92 Å². The Morgan fingerprint density at radius 2 is 2.70 bits per heavy atom. The van der Waals surface area contributed by atoms with Crippen molar-refractivity contribution in [2.75, 3.05) is 0 Å². The van der Waals surface area contributed by atoms with Crippen LogP contribution in [0.15, 0.2) is 5.38 Å². The fraction of sp³-hybridized carbons (Fsp3) is 0.400. The number of nitrogens with zero attached hydrogens (tertiary/aromatic N) is 2. The average molecular weight is 174 g/mol. The molecule has 0 atom stereocenters. The zero-order valence-corrected chi connectivity index (χ0v) is 7.04. The minimum atomic E-state index is 0.119. The molecule has 0 saturated heterocycles. The zero-order valence-electron chi connectivity index (χ0n) is 5.40. The lowest BCUT2D eigenvalue weighted by Crippen LogP contribution is -1.85. The first kappa shape index (κ1) is 7.68. The first-order valence-corrected chi connectivity index (χ1v) is 4.50. The molecular formula is C5H6N2OS2. The summed E-state index contributed by atoms with van der Waals surface area (Å²) in [6, 6.07) is 0. The molecule has 0 N–H and O–H groups in total. The highest BCUT2D eigenvalue weighted by Gasteiger charge is 1.98. The van der Waals surface area contributed by atoms with Crippen LogP contribution >= 0.6 is 23.3 Å². The Morgan fingerprint density at radius 1 is 1.90 bits per heavy atom. The van der Waals surface area contributed by atoms with Crippen LogP contribution in [0.1, 0.15) is 12.6 Å². The second-order valence-electron chi connectivity index (χ2n) is 1.68. The molecule has 1 heterocycles. The van der Waals surface area contributed by atoms with Crippen molar-refractivity contribution in [3.63, 3.8) is 0 Å². The summed E-state index contributed by atoms with van der Waals surface area (Å²) >= 11 is 2.56. The van der Waals surface area contributed by atoms with E-state index in [9.17, 15) is 4.79 Å². The first-order valence-electron chi connectivity index (χ1n) is 2.68. The monoisotopic (exact) mass is 174 g/mol. The van der Waals surface area contributed by atoms with E-state index in [1.807, 2.05) is 5.38 Å². The second-order valence-corrected chi connectivity index (χ2v) is 3.44. The van der Waals surface area contributed by atoms with E-state index in [0.717, 1.165) is 5.69 Å². The van der Waals surface area contributed by atoms with Gasteiger partial charge in [-0.25, -0.2) is 0 Å². The maximum atomic E-state index is 10.5. The third-order valence-electron chi connectivity index (χ3n) is 0.828. The van der Waals surface area contributed by atoms with Gasteiger partial charge in [0.15, 0.2) is 5.12 Å². The van der Waals surface area contributed by atoms with Crippen LogP contribution in [0.25, 0.3) is 0 Å². The molecule has 0 aliphatic carbocycles. The molecule has 3 nitrogen and oxygen atoms in total. The van der Waals surface area contributed by atoms with Crippen molar-refractivity contribution < 1.29 is 4.79 Å². The topological polar surface area (TPSA) is 42.9 Å². The van der Waals surface area contributed by atoms with Gasteiger partial charge in [-0.1, -0.05) is 16.3 Å². The van der Waals surface area contributed by atoms with Gasteiger partial charge in [0.05, 0.1) is 5.69 Å². The Hall–Kier alpha value is -0.420. The summed E-state index contributed by atoms with van der Waals surface area (Å²) in [7, 11) is 0. The van der Waals surface area contributed by atoms with Gasteiger partial charge in [-0.3, -0.25) is 4.79 Å². The maximum Gasteiger partial charge on any atom is 0.186 e. The standard InChI is InChI=1S/C5H6N2OS2/c1-4(8)9-2-5-3-10-7-6-5/h3H,2H2,1H3. The van der Waals surface area contributed by atoms with E-state index >= 15 is 0 Å². The minimum absolute atomic E-state index is 0.119. The van der Waals surface area contributed by atoms with Crippen molar-refractivity contribution in [3.05, 3.63) is 11.1 Å². The van der Waals surface area contributed by atoms with Crippen LogP contribution in [0.4, 0.5) is 0 Å². The number of carbonyl (C=O) groups excluding carboxylic acids is 1. The van der Waals surface area contributed by atoms with Crippen LogP contribution in [0.2, 0.25) is 0 Å². The number of rotatable bonds is 2. The van der Waals surface area contributed by atoms with E-state index in [0.29, 0.717) is 5.75 Å². The number of hydrogen-bond acceptors (Lipinski definition) is 5. The molecule has 0 aromatic carbocycles. The molecule has 10 heavy (non-hydrogen) atoms. The molecule has 1 rings (SSSR count). The smallest absolute Gasteiger partial charge is 0.186 e. The Balaban J connectivity index is 2.35. The highest BCUT2D eigenvalue weighted by Crippen LogP contribution is 2.10. The summed E-state index contributed by atoms with van der Waals surface area (Å²) in [6.45, 7) is 1.55. The molecule has 1 aromatic heterocycles. The van der Waals surface area contributed by atoms with Crippen LogP contribution in [-0.2, 0) is 10.5 Å². The predicted octanol–water partition coefficient (Wildman–Crippen LogP) is 1.32. The summed E-state index contributed by atoms with van der Waals surface area (Å²) < 4.78 is 3.67. The molecule has 0 unspecified atom stereocenters. The molecule has 1 aromatic rings. The SMILES string of the molecule is CC(=O)SCc1csnn1. The summed E-state index contributed by atoms with van der Waals surface area (Å²) in [5, 5.41) is 5.75. The Labute approximate surface area is 67.0 Å². The molecule has 0 aliphatic rings. The summed E-state index contributed by atoms with van der Waals surface area (Å²) in [5.74, 6) is 0.645. The van der Waals surface area contributed by atoms with Gasteiger partial charge in [0.1, 0.15) is 0 Å². The van der Waals surface area contributed by atoms with Gasteiger partial charge >= 0.3 is 0 Å². The van der Waals surface area contributed by atoms with Crippen LogP contribution in [0.3, 0.4) is 0 Å². The summed E-state index contributed by atoms with van der Waals surface area (Å²) in [6.07, 6.45) is 0. The zero-order chi connectivity index (χ0) is 7.40. The van der Waals surface area contributed by atoms with E-state index in [-0.39, 0.29) is 5.12 Å². The van der Waals surface area contributed by atoms with Gasteiger partial charge in [-0.05, 0) is 11.5 Å². The maximum absolute atomic E-state index is 10.5. The van der Waals surface area contributed by atoms with Gasteiger partial charge < -0.3 is 0 Å². The van der Waals surface area contributed by atoms with Gasteiger partial charge in [0.2, 0.25) is 0 Å². The quantitative estimate of drug-likeness (QED) is 0.678. The number of carbonyl (C=O) groups is 1. The third kappa shape index (κ3) is 2.45. The minimum Gasteiger partial charge on any atom is -0.288 e. The molecular weight excluding hydrogens is 168 g/mol. The lowest BCUT2D eigenvalue weighted by Gasteiger charge is -1.88. The van der Waals surface area contributed by atoms with Crippen LogP contribution in [0, 0.1) is 0 Å². The number of aromatic nitrogens is 2. The van der Waals surface area contributed by atoms with E-state index in [1.165, 1.54) is 23.3 Å². The van der Waals surface area contributed by atoms with Gasteiger partial charge in [0.25, 0.3) is 0 Å². The van der Waals surface area contributed by atoms with Crippen molar-refractivity contribution in [2.45, 2.75) is 12.7 Å². The molecule has 0 aliphatic heterocycles. The normalized spacial score (nSPS) is 9.70. The Kier molecular flexibility index (Phi) is 2.82. The largest absolute Gasteiger partial charge is 0.288 e. The van der Waals surface area contributed by atoms with Crippen LogP contribution < -0.4 is 0 Å². The molecule has 5 heteroatoms. The Morgan fingerprint density at radius 3 is 3.20 bits per heavy atom. The summed E-state index contributed by atoms with van der Waals surface area (Å²) in [5.41, 5.74) is 0.880. The number of thioether (sulfide) groups is 1. The van der Waals surface area contributed by atoms with Crippen LogP contribution in [0.5, 0.6) is 0 Å². The number of hydrogen-bond donors (Lipinski definition) is 0. The fourth-order valence-electron chi connectivity index (χ4n) is 0.422. The molecule has 0 radical (unpaired) electrons. The van der Waals surface area contributed by atoms with Crippen molar-refractivity contribution >= 4 is 28.4 Å². The highest BCUT2D eigenvalue weighted by atomic mass is 32.2. The second kappa shape index (κ2) is 3.68. The van der Waals surface area contributed by atoms with E-state index in [2.05, 4.69) is 9.59 Å². The van der Waals surface area contributed by atoms with Crippen LogP contribution in [-0.4, -0.2) is 14.7 Å². The molecule has 0 spiro atoms. The molecule has 0 amide bonds. The Bertz CT molecular complexity index is 209. The molecule has 54 valence electrons. The highest BCUT2D eigenvalue weighted by molar-refractivity contribution is 8.12. The van der Waals surface area contributed by atoms with Crippen molar-refractivity contribution in [2.24, 2.45) is 0 Å². The van der Waals surface area contributed by atoms with E-state index < -0.39 is 0 Å². The fourth-order valence-corrected chi connectivity index (χ4v) is 1.47. The lowest BCUT2D eigenvalue weighted by molar-refractivity contribution is -0.109. The van der Waals surface area contributed by atoms with Gasteiger partial charge in [-0.2, -0.15) is 0 Å². The molecule has 0 fully saturated rings. The van der Waals surface area contributed by atoms with Gasteiger partial charge in [-0.15, -0.1) is 5.10 Å². The molecule has 0 bridgehead atoms. The van der Waals surface area contributed by atoms with Crippen molar-refractivity contribution in [1.29, 1.82) is 0 Å². The lowest BCUT2D eigenvalue weighted by atomic mass is 10.6. The first-order chi connectivity index (χ1) is 4.79. The summed E-state index contributed by atoms with van der Waals surface area (Å²) in [4.78, 5) is 10.5. The average Bonchev–Trinajstić information content (AvgIpc) is 2.34. The third-order valence-corrected chi connectivity index (χ3v) is 2.23. The van der Waals surface area contributed by atoms with Crippen molar-refractivity contribution in [1.82, 2.24) is 9.59 Å². The van der Waals surface area contributed by atoms with Crippen molar-refractivity contribution in [3.8, 4) is 0 Å². The molecule has 0 saturated carbocycles. The van der Waals surface area contributed by atoms with E-state index in [4.69, 9.17) is 0 Å².